The Balaban J connectivity index is 1.65. The lowest BCUT2D eigenvalue weighted by atomic mass is 10.2. The van der Waals surface area contributed by atoms with Crippen molar-refractivity contribution in [2.45, 2.75) is 6.92 Å². The van der Waals surface area contributed by atoms with E-state index in [9.17, 15) is 9.59 Å². The average Bonchev–Trinajstić information content (AvgIpc) is 3.00. The SMILES string of the molecule is C=CCN1C(=O)COc2ccc(NC(=O)c3sc4cc(C)ccc4c3Cl)cc21. The Morgan fingerprint density at radius 1 is 1.36 bits per heavy atom. The number of nitrogens with one attached hydrogen (secondary N) is 1. The number of amides is 2. The van der Waals surface area contributed by atoms with E-state index in [4.69, 9.17) is 16.3 Å². The Labute approximate surface area is 171 Å². The predicted octanol–water partition coefficient (Wildman–Crippen LogP) is 5.03. The van der Waals surface area contributed by atoms with Gasteiger partial charge in [0, 0.05) is 22.3 Å². The van der Waals surface area contributed by atoms with Gasteiger partial charge in [0.25, 0.3) is 11.8 Å². The molecule has 0 fully saturated rings. The van der Waals surface area contributed by atoms with Crippen LogP contribution in [0.4, 0.5) is 11.4 Å². The number of halogens is 1. The van der Waals surface area contributed by atoms with Crippen molar-refractivity contribution >= 4 is 56.2 Å². The summed E-state index contributed by atoms with van der Waals surface area (Å²) in [7, 11) is 0. The summed E-state index contributed by atoms with van der Waals surface area (Å²) in [5.41, 5.74) is 2.27. The van der Waals surface area contributed by atoms with Crippen molar-refractivity contribution in [2.24, 2.45) is 0 Å². The molecule has 0 aliphatic carbocycles. The molecule has 0 unspecified atom stereocenters. The van der Waals surface area contributed by atoms with E-state index in [0.29, 0.717) is 33.6 Å². The number of hydrogen-bond acceptors (Lipinski definition) is 4. The summed E-state index contributed by atoms with van der Waals surface area (Å²) in [4.78, 5) is 27.0. The Hall–Kier alpha value is -2.83. The lowest BCUT2D eigenvalue weighted by Gasteiger charge is -2.28. The highest BCUT2D eigenvalue weighted by molar-refractivity contribution is 7.21. The van der Waals surface area contributed by atoms with Gasteiger partial charge in [-0.25, -0.2) is 0 Å². The van der Waals surface area contributed by atoms with Crippen molar-refractivity contribution in [3.8, 4) is 5.75 Å². The molecule has 142 valence electrons. The molecule has 2 amide bonds. The molecule has 0 spiro atoms. The first-order chi connectivity index (χ1) is 13.5. The fourth-order valence-electron chi connectivity index (χ4n) is 3.12. The maximum atomic E-state index is 12.8. The number of ether oxygens (including phenoxy) is 1. The van der Waals surface area contributed by atoms with E-state index < -0.39 is 0 Å². The molecule has 7 heteroatoms. The fraction of sp³-hybridized carbons (Fsp3) is 0.143. The van der Waals surface area contributed by atoms with Gasteiger partial charge in [0.2, 0.25) is 0 Å². The number of hydrogen-bond donors (Lipinski definition) is 1. The number of anilines is 2. The van der Waals surface area contributed by atoms with Crippen molar-refractivity contribution in [1.29, 1.82) is 0 Å². The monoisotopic (exact) mass is 412 g/mol. The minimum absolute atomic E-state index is 0.0106. The number of aryl methyl sites for hydroxylation is 1. The molecule has 2 heterocycles. The van der Waals surface area contributed by atoms with Crippen molar-refractivity contribution in [3.05, 3.63) is 64.5 Å². The van der Waals surface area contributed by atoms with E-state index in [1.807, 2.05) is 25.1 Å². The summed E-state index contributed by atoms with van der Waals surface area (Å²) in [5.74, 6) is 0.149. The standard InChI is InChI=1S/C21H17ClN2O3S/c1-3-8-24-15-10-13(5-7-16(15)27-11-18(24)25)23-21(26)20-19(22)14-6-4-12(2)9-17(14)28-20/h3-7,9-10H,1,8,11H2,2H3,(H,23,26). The second-order valence-corrected chi connectivity index (χ2v) is 7.89. The molecule has 28 heavy (non-hydrogen) atoms. The van der Waals surface area contributed by atoms with Gasteiger partial charge in [-0.3, -0.25) is 9.59 Å². The van der Waals surface area contributed by atoms with E-state index >= 15 is 0 Å². The molecule has 0 saturated carbocycles. The molecular weight excluding hydrogens is 396 g/mol. The van der Waals surface area contributed by atoms with Gasteiger partial charge in [-0.15, -0.1) is 17.9 Å². The third-order valence-corrected chi connectivity index (χ3v) is 6.12. The molecule has 4 rings (SSSR count). The summed E-state index contributed by atoms with van der Waals surface area (Å²) >= 11 is 7.79. The minimum atomic E-state index is -0.290. The Morgan fingerprint density at radius 2 is 2.18 bits per heavy atom. The lowest BCUT2D eigenvalue weighted by molar-refractivity contribution is -0.121. The highest BCUT2D eigenvalue weighted by Crippen LogP contribution is 2.38. The highest BCUT2D eigenvalue weighted by atomic mass is 35.5. The fourth-order valence-corrected chi connectivity index (χ4v) is 4.63. The number of benzene rings is 2. The predicted molar refractivity (Wildman–Crippen MR) is 114 cm³/mol. The van der Waals surface area contributed by atoms with Crippen LogP contribution in [-0.4, -0.2) is 25.0 Å². The van der Waals surface area contributed by atoms with Crippen LogP contribution >= 0.6 is 22.9 Å². The van der Waals surface area contributed by atoms with Gasteiger partial charge in [0.1, 0.15) is 10.6 Å². The second-order valence-electron chi connectivity index (χ2n) is 6.46. The number of nitrogens with zero attached hydrogens (tertiary/aromatic N) is 1. The minimum Gasteiger partial charge on any atom is -0.482 e. The van der Waals surface area contributed by atoms with Crippen LogP contribution in [0, 0.1) is 6.92 Å². The van der Waals surface area contributed by atoms with Crippen molar-refractivity contribution in [2.75, 3.05) is 23.4 Å². The van der Waals surface area contributed by atoms with E-state index in [1.54, 1.807) is 29.2 Å². The van der Waals surface area contributed by atoms with Gasteiger partial charge < -0.3 is 15.0 Å². The van der Waals surface area contributed by atoms with Gasteiger partial charge in [-0.05, 0) is 36.8 Å². The quantitative estimate of drug-likeness (QED) is 0.611. The molecular formula is C21H17ClN2O3S. The van der Waals surface area contributed by atoms with Gasteiger partial charge in [0.15, 0.2) is 6.61 Å². The molecule has 2 aromatic carbocycles. The smallest absolute Gasteiger partial charge is 0.267 e. The van der Waals surface area contributed by atoms with E-state index in [-0.39, 0.29) is 18.4 Å². The summed E-state index contributed by atoms with van der Waals surface area (Å²) in [6.45, 7) is 6.05. The number of rotatable bonds is 4. The van der Waals surface area contributed by atoms with E-state index in [0.717, 1.165) is 15.6 Å². The Bertz CT molecular complexity index is 1120. The molecule has 1 aliphatic rings. The van der Waals surface area contributed by atoms with Crippen LogP contribution in [0.25, 0.3) is 10.1 Å². The van der Waals surface area contributed by atoms with Crippen LogP contribution in [0.2, 0.25) is 5.02 Å². The molecule has 0 atom stereocenters. The number of carbonyl (C=O) groups is 2. The van der Waals surface area contributed by atoms with Crippen molar-refractivity contribution in [1.82, 2.24) is 0 Å². The van der Waals surface area contributed by atoms with Crippen LogP contribution in [0.1, 0.15) is 15.2 Å². The Kier molecular flexibility index (Phi) is 4.83. The van der Waals surface area contributed by atoms with Gasteiger partial charge in [-0.2, -0.15) is 0 Å². The van der Waals surface area contributed by atoms with Crippen LogP contribution in [0.3, 0.4) is 0 Å². The Morgan fingerprint density at radius 3 is 2.96 bits per heavy atom. The first kappa shape index (κ1) is 18.5. The molecule has 1 N–H and O–H groups in total. The maximum Gasteiger partial charge on any atom is 0.267 e. The molecule has 0 bridgehead atoms. The number of carbonyl (C=O) groups excluding carboxylic acids is 2. The summed E-state index contributed by atoms with van der Waals surface area (Å²) in [5, 5.41) is 4.18. The van der Waals surface area contributed by atoms with Crippen LogP contribution in [0.5, 0.6) is 5.75 Å². The molecule has 3 aromatic rings. The number of thiophene rings is 1. The topological polar surface area (TPSA) is 58.6 Å². The first-order valence-electron chi connectivity index (χ1n) is 8.66. The molecule has 5 nitrogen and oxygen atoms in total. The van der Waals surface area contributed by atoms with E-state index in [2.05, 4.69) is 11.9 Å². The van der Waals surface area contributed by atoms with E-state index in [1.165, 1.54) is 11.3 Å². The number of fused-ring (bicyclic) bond motifs is 2. The third kappa shape index (κ3) is 3.25. The zero-order valence-corrected chi connectivity index (χ0v) is 16.7. The van der Waals surface area contributed by atoms with Crippen LogP contribution in [-0.2, 0) is 4.79 Å². The zero-order chi connectivity index (χ0) is 19.8. The van der Waals surface area contributed by atoms with Gasteiger partial charge in [-0.1, -0.05) is 29.8 Å². The largest absolute Gasteiger partial charge is 0.482 e. The van der Waals surface area contributed by atoms with Gasteiger partial charge >= 0.3 is 0 Å². The molecule has 0 saturated heterocycles. The highest BCUT2D eigenvalue weighted by Gasteiger charge is 2.25. The average molecular weight is 413 g/mol. The second kappa shape index (κ2) is 7.30. The molecule has 1 aromatic heterocycles. The molecule has 1 aliphatic heterocycles. The first-order valence-corrected chi connectivity index (χ1v) is 9.85. The normalized spacial score (nSPS) is 13.2. The summed E-state index contributed by atoms with van der Waals surface area (Å²) < 4.78 is 6.44. The summed E-state index contributed by atoms with van der Waals surface area (Å²) in [6, 6.07) is 11.1. The lowest BCUT2D eigenvalue weighted by Crippen LogP contribution is -2.38. The third-order valence-electron chi connectivity index (χ3n) is 4.46. The molecule has 0 radical (unpaired) electrons. The summed E-state index contributed by atoms with van der Waals surface area (Å²) in [6.07, 6.45) is 1.65. The van der Waals surface area contributed by atoms with Gasteiger partial charge in [0.05, 0.1) is 10.7 Å². The van der Waals surface area contributed by atoms with Crippen molar-refractivity contribution < 1.29 is 14.3 Å². The maximum absolute atomic E-state index is 12.8. The van der Waals surface area contributed by atoms with Crippen LogP contribution < -0.4 is 15.0 Å². The van der Waals surface area contributed by atoms with Crippen molar-refractivity contribution in [3.63, 3.8) is 0 Å². The van der Waals surface area contributed by atoms with Crippen LogP contribution in [0.15, 0.2) is 49.1 Å². The zero-order valence-electron chi connectivity index (χ0n) is 15.1.